The van der Waals surface area contributed by atoms with Crippen LogP contribution in [-0.4, -0.2) is 17.8 Å². The van der Waals surface area contributed by atoms with Crippen molar-refractivity contribution in [1.29, 1.82) is 0 Å². The molecule has 1 rings (SSSR count). The minimum atomic E-state index is -0.546. The number of aryl methyl sites for hydroxylation is 1. The number of thiocarbonyl (C=S) groups is 1. The number of hydrogen-bond donors (Lipinski definition) is 2. The van der Waals surface area contributed by atoms with E-state index in [1.807, 2.05) is 32.0 Å². The first-order valence-electron chi connectivity index (χ1n) is 5.35. The summed E-state index contributed by atoms with van der Waals surface area (Å²) in [5.74, 6) is 0. The van der Waals surface area contributed by atoms with Gasteiger partial charge < -0.3 is 10.1 Å². The van der Waals surface area contributed by atoms with E-state index in [-0.39, 0.29) is 5.11 Å². The second-order valence-electron chi connectivity index (χ2n) is 3.55. The smallest absolute Gasteiger partial charge is 0.413 e. The van der Waals surface area contributed by atoms with Crippen LogP contribution in [0.3, 0.4) is 0 Å². The fraction of sp³-hybridized carbons (Fsp3) is 0.333. The maximum Gasteiger partial charge on any atom is 0.413 e. The molecule has 0 aliphatic rings. The number of nitrogens with one attached hydrogen (secondary N) is 2. The minimum absolute atomic E-state index is 0.233. The van der Waals surface area contributed by atoms with E-state index in [2.05, 4.69) is 10.6 Å². The van der Waals surface area contributed by atoms with Crippen LogP contribution in [0.2, 0.25) is 0 Å². The number of alkyl carbamates (subject to hydrolysis) is 1. The number of rotatable bonds is 2. The van der Waals surface area contributed by atoms with Crippen molar-refractivity contribution in [3.05, 3.63) is 29.3 Å². The van der Waals surface area contributed by atoms with Crippen molar-refractivity contribution in [3.63, 3.8) is 0 Å². The van der Waals surface area contributed by atoms with Gasteiger partial charge in [-0.05, 0) is 50.2 Å². The Morgan fingerprint density at radius 2 is 2.12 bits per heavy atom. The highest BCUT2D eigenvalue weighted by molar-refractivity contribution is 7.80. The number of ether oxygens (including phenoxy) is 1. The second-order valence-corrected chi connectivity index (χ2v) is 3.96. The average Bonchev–Trinajstić information content (AvgIpc) is 2.25. The molecule has 0 unspecified atom stereocenters. The predicted octanol–water partition coefficient (Wildman–Crippen LogP) is 2.75. The number of carbonyl (C=O) groups excluding carboxylic acids is 1. The molecule has 1 aromatic rings. The molecule has 0 aromatic heterocycles. The van der Waals surface area contributed by atoms with E-state index in [4.69, 9.17) is 17.0 Å². The lowest BCUT2D eigenvalue weighted by Crippen LogP contribution is -2.34. The van der Waals surface area contributed by atoms with Crippen LogP contribution in [0, 0.1) is 13.8 Å². The number of benzene rings is 1. The molecule has 17 heavy (non-hydrogen) atoms. The van der Waals surface area contributed by atoms with E-state index < -0.39 is 6.09 Å². The van der Waals surface area contributed by atoms with Crippen molar-refractivity contribution in [2.45, 2.75) is 20.8 Å². The molecule has 2 N–H and O–H groups in total. The van der Waals surface area contributed by atoms with Crippen LogP contribution < -0.4 is 10.6 Å². The molecule has 0 aliphatic carbocycles. The summed E-state index contributed by atoms with van der Waals surface area (Å²) in [4.78, 5) is 11.1. The largest absolute Gasteiger partial charge is 0.450 e. The SMILES string of the molecule is CCOC(=O)NC(=S)Nc1cccc(C)c1C. The quantitative estimate of drug-likeness (QED) is 0.795. The van der Waals surface area contributed by atoms with Crippen molar-refractivity contribution < 1.29 is 9.53 Å². The van der Waals surface area contributed by atoms with Crippen LogP contribution in [0.4, 0.5) is 10.5 Å². The van der Waals surface area contributed by atoms with Gasteiger partial charge in [0.25, 0.3) is 0 Å². The van der Waals surface area contributed by atoms with Crippen LogP contribution in [0.15, 0.2) is 18.2 Å². The van der Waals surface area contributed by atoms with Crippen molar-refractivity contribution in [2.75, 3.05) is 11.9 Å². The molecule has 0 atom stereocenters. The zero-order valence-electron chi connectivity index (χ0n) is 10.2. The molecule has 92 valence electrons. The average molecular weight is 252 g/mol. The van der Waals surface area contributed by atoms with Gasteiger partial charge in [0.15, 0.2) is 5.11 Å². The van der Waals surface area contributed by atoms with Gasteiger partial charge in [-0.3, -0.25) is 5.32 Å². The molecular formula is C12H16N2O2S. The molecule has 0 bridgehead atoms. The lowest BCUT2D eigenvalue weighted by molar-refractivity contribution is 0.158. The molecule has 0 spiro atoms. The first kappa shape index (κ1) is 13.4. The third-order valence-corrected chi connectivity index (χ3v) is 2.55. The van der Waals surface area contributed by atoms with Gasteiger partial charge in [-0.1, -0.05) is 12.1 Å². The highest BCUT2D eigenvalue weighted by Crippen LogP contribution is 2.17. The van der Waals surface area contributed by atoms with E-state index >= 15 is 0 Å². The Bertz CT molecular complexity index is 433. The zero-order valence-corrected chi connectivity index (χ0v) is 11.0. The summed E-state index contributed by atoms with van der Waals surface area (Å²) in [7, 11) is 0. The van der Waals surface area contributed by atoms with Gasteiger partial charge in [0.1, 0.15) is 0 Å². The minimum Gasteiger partial charge on any atom is -0.450 e. The maximum absolute atomic E-state index is 11.1. The number of carbonyl (C=O) groups is 1. The Labute approximate surface area is 106 Å². The van der Waals surface area contributed by atoms with E-state index in [1.54, 1.807) is 6.92 Å². The Morgan fingerprint density at radius 1 is 1.41 bits per heavy atom. The second kappa shape index (κ2) is 6.20. The van der Waals surface area contributed by atoms with Gasteiger partial charge in [0, 0.05) is 5.69 Å². The van der Waals surface area contributed by atoms with Gasteiger partial charge in [-0.15, -0.1) is 0 Å². The molecule has 0 saturated carbocycles. The summed E-state index contributed by atoms with van der Waals surface area (Å²) in [6.07, 6.45) is -0.546. The molecule has 0 heterocycles. The summed E-state index contributed by atoms with van der Waals surface area (Å²) in [5, 5.41) is 5.63. The van der Waals surface area contributed by atoms with Gasteiger partial charge in [0.2, 0.25) is 0 Å². The van der Waals surface area contributed by atoms with Crippen LogP contribution in [-0.2, 0) is 4.74 Å². The van der Waals surface area contributed by atoms with Gasteiger partial charge >= 0.3 is 6.09 Å². The normalized spacial score (nSPS) is 9.59. The molecular weight excluding hydrogens is 236 g/mol. The van der Waals surface area contributed by atoms with Crippen molar-refractivity contribution in [3.8, 4) is 0 Å². The lowest BCUT2D eigenvalue weighted by Gasteiger charge is -2.12. The third-order valence-electron chi connectivity index (χ3n) is 2.34. The maximum atomic E-state index is 11.1. The highest BCUT2D eigenvalue weighted by atomic mass is 32.1. The van der Waals surface area contributed by atoms with E-state index in [0.29, 0.717) is 6.61 Å². The molecule has 1 amide bonds. The standard InChI is InChI=1S/C12H16N2O2S/c1-4-16-12(15)14-11(17)13-10-7-5-6-8(2)9(10)3/h5-7H,4H2,1-3H3,(H2,13,14,15,17). The topological polar surface area (TPSA) is 50.4 Å². The predicted molar refractivity (Wildman–Crippen MR) is 72.3 cm³/mol. The van der Waals surface area contributed by atoms with Crippen molar-refractivity contribution in [2.24, 2.45) is 0 Å². The Morgan fingerprint density at radius 3 is 2.76 bits per heavy atom. The monoisotopic (exact) mass is 252 g/mol. The molecule has 4 nitrogen and oxygen atoms in total. The van der Waals surface area contributed by atoms with Crippen LogP contribution >= 0.6 is 12.2 Å². The summed E-state index contributed by atoms with van der Waals surface area (Å²) in [6, 6.07) is 5.85. The molecule has 0 aliphatic heterocycles. The van der Waals surface area contributed by atoms with E-state index in [0.717, 1.165) is 16.8 Å². The summed E-state index contributed by atoms with van der Waals surface area (Å²) >= 11 is 5.01. The Hall–Kier alpha value is -1.62. The summed E-state index contributed by atoms with van der Waals surface area (Å²) in [5.41, 5.74) is 3.14. The zero-order chi connectivity index (χ0) is 12.8. The Kier molecular flexibility index (Phi) is 4.90. The molecule has 1 aromatic carbocycles. The summed E-state index contributed by atoms with van der Waals surface area (Å²) in [6.45, 7) is 6.06. The fourth-order valence-corrected chi connectivity index (χ4v) is 1.49. The van der Waals surface area contributed by atoms with Gasteiger partial charge in [-0.2, -0.15) is 0 Å². The van der Waals surface area contributed by atoms with E-state index in [1.165, 1.54) is 0 Å². The first-order valence-corrected chi connectivity index (χ1v) is 5.76. The first-order chi connectivity index (χ1) is 8.04. The molecule has 0 fully saturated rings. The molecule has 5 heteroatoms. The van der Waals surface area contributed by atoms with Crippen LogP contribution in [0.5, 0.6) is 0 Å². The molecule has 0 saturated heterocycles. The van der Waals surface area contributed by atoms with Crippen molar-refractivity contribution >= 4 is 29.1 Å². The number of anilines is 1. The number of hydrogen-bond acceptors (Lipinski definition) is 3. The number of amides is 1. The van der Waals surface area contributed by atoms with Crippen molar-refractivity contribution in [1.82, 2.24) is 5.32 Å². The third kappa shape index (κ3) is 4.03. The lowest BCUT2D eigenvalue weighted by atomic mass is 10.1. The van der Waals surface area contributed by atoms with Gasteiger partial charge in [0.05, 0.1) is 6.61 Å². The molecule has 0 radical (unpaired) electrons. The Balaban J connectivity index is 2.62. The highest BCUT2D eigenvalue weighted by Gasteiger charge is 2.06. The fourth-order valence-electron chi connectivity index (χ4n) is 1.30. The van der Waals surface area contributed by atoms with Crippen LogP contribution in [0.25, 0.3) is 0 Å². The van der Waals surface area contributed by atoms with E-state index in [9.17, 15) is 4.79 Å². The van der Waals surface area contributed by atoms with Gasteiger partial charge in [-0.25, -0.2) is 4.79 Å². The summed E-state index contributed by atoms with van der Waals surface area (Å²) < 4.78 is 4.73. The van der Waals surface area contributed by atoms with Crippen LogP contribution in [0.1, 0.15) is 18.1 Å².